The van der Waals surface area contributed by atoms with Crippen LogP contribution in [0.5, 0.6) is 0 Å². The highest BCUT2D eigenvalue weighted by atomic mass is 16.5. The fourth-order valence-electron chi connectivity index (χ4n) is 2.55. The number of carboxylic acid groups (broad SMARTS) is 1. The second-order valence-electron chi connectivity index (χ2n) is 7.21. The maximum absolute atomic E-state index is 11.8. The van der Waals surface area contributed by atoms with Crippen LogP contribution in [0.3, 0.4) is 0 Å². The lowest BCUT2D eigenvalue weighted by Crippen LogP contribution is -2.26. The van der Waals surface area contributed by atoms with Gasteiger partial charge in [-0.05, 0) is 30.6 Å². The third-order valence-corrected chi connectivity index (χ3v) is 3.49. The summed E-state index contributed by atoms with van der Waals surface area (Å²) in [5.74, 6) is -2.20. The molecule has 0 bridgehead atoms. The molecule has 0 aromatic carbocycles. The molecule has 0 aliphatic carbocycles. The molecule has 0 amide bonds. The van der Waals surface area contributed by atoms with Gasteiger partial charge >= 0.3 is 11.9 Å². The first kappa shape index (κ1) is 19.9. The van der Waals surface area contributed by atoms with Crippen molar-refractivity contribution in [3.8, 4) is 0 Å². The van der Waals surface area contributed by atoms with E-state index in [-0.39, 0.29) is 5.41 Å². The van der Waals surface area contributed by atoms with Crippen LogP contribution in [0.25, 0.3) is 0 Å². The van der Waals surface area contributed by atoms with E-state index in [1.807, 2.05) is 6.92 Å². The Bertz CT molecular complexity index is 317. The minimum atomic E-state index is -1.07. The van der Waals surface area contributed by atoms with Crippen molar-refractivity contribution in [1.82, 2.24) is 0 Å². The van der Waals surface area contributed by atoms with E-state index >= 15 is 0 Å². The number of hydrogen-bond donors (Lipinski definition) is 1. The molecule has 0 aromatic rings. The van der Waals surface area contributed by atoms with Crippen molar-refractivity contribution >= 4 is 11.9 Å². The minimum Gasteiger partial charge on any atom is -0.481 e. The SMILES string of the molecule is CCCCCC(C(=O)O)C(=O)OCCC(C)CC(C)(C)C. The summed E-state index contributed by atoms with van der Waals surface area (Å²) in [5.41, 5.74) is 0.257. The minimum absolute atomic E-state index is 0.257. The fraction of sp³-hybridized carbons (Fsp3) is 0.882. The summed E-state index contributed by atoms with van der Waals surface area (Å²) >= 11 is 0. The van der Waals surface area contributed by atoms with Gasteiger partial charge in [-0.15, -0.1) is 0 Å². The number of carbonyl (C=O) groups excluding carboxylic acids is 1. The molecule has 21 heavy (non-hydrogen) atoms. The van der Waals surface area contributed by atoms with Gasteiger partial charge in [0.2, 0.25) is 0 Å². The third-order valence-electron chi connectivity index (χ3n) is 3.49. The van der Waals surface area contributed by atoms with Gasteiger partial charge in [0.25, 0.3) is 0 Å². The summed E-state index contributed by atoms with van der Waals surface area (Å²) in [5, 5.41) is 9.10. The number of ether oxygens (including phenoxy) is 1. The average molecular weight is 300 g/mol. The monoisotopic (exact) mass is 300 g/mol. The number of aliphatic carboxylic acids is 1. The van der Waals surface area contributed by atoms with E-state index in [1.54, 1.807) is 0 Å². The normalized spacial score (nSPS) is 14.5. The van der Waals surface area contributed by atoms with Crippen LogP contribution < -0.4 is 0 Å². The first-order valence-electron chi connectivity index (χ1n) is 8.06. The highest BCUT2D eigenvalue weighted by Crippen LogP contribution is 2.26. The van der Waals surface area contributed by atoms with Crippen LogP contribution in [-0.2, 0) is 14.3 Å². The van der Waals surface area contributed by atoms with Crippen molar-refractivity contribution in [2.75, 3.05) is 6.61 Å². The van der Waals surface area contributed by atoms with Crippen LogP contribution in [0.2, 0.25) is 0 Å². The van der Waals surface area contributed by atoms with Gasteiger partial charge in [0.05, 0.1) is 6.61 Å². The smallest absolute Gasteiger partial charge is 0.320 e. The highest BCUT2D eigenvalue weighted by molar-refractivity contribution is 5.93. The zero-order chi connectivity index (χ0) is 16.5. The summed E-state index contributed by atoms with van der Waals surface area (Å²) in [4.78, 5) is 23.0. The molecule has 4 heteroatoms. The Morgan fingerprint density at radius 2 is 1.76 bits per heavy atom. The standard InChI is InChI=1S/C17H32O4/c1-6-7-8-9-14(15(18)19)16(20)21-11-10-13(2)12-17(3,4)5/h13-14H,6-12H2,1-5H3,(H,18,19). The second-order valence-corrected chi connectivity index (χ2v) is 7.21. The predicted octanol–water partition coefficient (Wildman–Crippen LogP) is 4.27. The molecule has 2 atom stereocenters. The Labute approximate surface area is 129 Å². The molecule has 0 radical (unpaired) electrons. The zero-order valence-electron chi connectivity index (χ0n) is 14.3. The Kier molecular flexibility index (Phi) is 9.31. The van der Waals surface area contributed by atoms with Gasteiger partial charge in [0, 0.05) is 0 Å². The van der Waals surface area contributed by atoms with Crippen molar-refractivity contribution < 1.29 is 19.4 Å². The van der Waals surface area contributed by atoms with E-state index in [1.165, 1.54) is 0 Å². The number of esters is 1. The molecule has 2 unspecified atom stereocenters. The molecule has 0 spiro atoms. The van der Waals surface area contributed by atoms with E-state index in [0.29, 0.717) is 18.9 Å². The lowest BCUT2D eigenvalue weighted by Gasteiger charge is -2.23. The second kappa shape index (κ2) is 9.80. The molecular formula is C17H32O4. The van der Waals surface area contributed by atoms with Gasteiger partial charge in [0.1, 0.15) is 0 Å². The summed E-state index contributed by atoms with van der Waals surface area (Å²) in [6.45, 7) is 11.0. The van der Waals surface area contributed by atoms with Gasteiger partial charge in [-0.3, -0.25) is 9.59 Å². The Morgan fingerprint density at radius 3 is 2.24 bits per heavy atom. The number of carboxylic acids is 1. The summed E-state index contributed by atoms with van der Waals surface area (Å²) in [7, 11) is 0. The lowest BCUT2D eigenvalue weighted by atomic mass is 9.84. The molecular weight excluding hydrogens is 268 g/mol. The Morgan fingerprint density at radius 1 is 1.14 bits per heavy atom. The zero-order valence-corrected chi connectivity index (χ0v) is 14.3. The van der Waals surface area contributed by atoms with E-state index in [2.05, 4.69) is 27.7 Å². The maximum atomic E-state index is 11.8. The maximum Gasteiger partial charge on any atom is 0.320 e. The average Bonchev–Trinajstić information content (AvgIpc) is 2.31. The molecule has 0 rings (SSSR count). The molecule has 0 saturated carbocycles. The van der Waals surface area contributed by atoms with Crippen molar-refractivity contribution in [1.29, 1.82) is 0 Å². The molecule has 0 heterocycles. The van der Waals surface area contributed by atoms with Crippen LogP contribution in [0.4, 0.5) is 0 Å². The van der Waals surface area contributed by atoms with Crippen LogP contribution >= 0.6 is 0 Å². The number of rotatable bonds is 10. The van der Waals surface area contributed by atoms with Crippen molar-refractivity contribution in [3.05, 3.63) is 0 Å². The highest BCUT2D eigenvalue weighted by Gasteiger charge is 2.27. The Balaban J connectivity index is 4.11. The lowest BCUT2D eigenvalue weighted by molar-refractivity contribution is -0.159. The first-order chi connectivity index (χ1) is 9.67. The van der Waals surface area contributed by atoms with E-state index in [9.17, 15) is 9.59 Å². The number of unbranched alkanes of at least 4 members (excludes halogenated alkanes) is 2. The van der Waals surface area contributed by atoms with Crippen LogP contribution in [-0.4, -0.2) is 23.7 Å². The van der Waals surface area contributed by atoms with Crippen molar-refractivity contribution in [2.24, 2.45) is 17.3 Å². The summed E-state index contributed by atoms with van der Waals surface area (Å²) in [6, 6.07) is 0. The molecule has 0 saturated heterocycles. The van der Waals surface area contributed by atoms with Gasteiger partial charge in [-0.2, -0.15) is 0 Å². The van der Waals surface area contributed by atoms with Crippen molar-refractivity contribution in [3.63, 3.8) is 0 Å². The van der Waals surface area contributed by atoms with E-state index in [4.69, 9.17) is 9.84 Å². The predicted molar refractivity (Wildman–Crippen MR) is 84.1 cm³/mol. The topological polar surface area (TPSA) is 63.6 Å². The van der Waals surface area contributed by atoms with Gasteiger partial charge in [-0.1, -0.05) is 53.9 Å². The van der Waals surface area contributed by atoms with Crippen molar-refractivity contribution in [2.45, 2.75) is 73.1 Å². The molecule has 0 aliphatic rings. The van der Waals surface area contributed by atoms with Crippen LogP contribution in [0.1, 0.15) is 73.1 Å². The molecule has 0 aromatic heterocycles. The van der Waals surface area contributed by atoms with Gasteiger partial charge in [0.15, 0.2) is 5.92 Å². The summed E-state index contributed by atoms with van der Waals surface area (Å²) < 4.78 is 5.16. The summed E-state index contributed by atoms with van der Waals surface area (Å²) in [6.07, 6.45) is 4.92. The Hall–Kier alpha value is -1.06. The third kappa shape index (κ3) is 10.3. The molecule has 0 fully saturated rings. The van der Waals surface area contributed by atoms with Gasteiger partial charge < -0.3 is 9.84 Å². The van der Waals surface area contributed by atoms with Crippen LogP contribution in [0.15, 0.2) is 0 Å². The fourth-order valence-corrected chi connectivity index (χ4v) is 2.55. The number of hydrogen-bond acceptors (Lipinski definition) is 3. The quantitative estimate of drug-likeness (QED) is 0.372. The molecule has 124 valence electrons. The molecule has 1 N–H and O–H groups in total. The van der Waals surface area contributed by atoms with E-state index in [0.717, 1.165) is 32.1 Å². The molecule has 4 nitrogen and oxygen atoms in total. The van der Waals surface area contributed by atoms with Gasteiger partial charge in [-0.25, -0.2) is 0 Å². The first-order valence-corrected chi connectivity index (χ1v) is 8.06. The largest absolute Gasteiger partial charge is 0.481 e. The number of carbonyl (C=O) groups is 2. The van der Waals surface area contributed by atoms with Crippen LogP contribution in [0, 0.1) is 17.3 Å². The molecule has 0 aliphatic heterocycles. The van der Waals surface area contributed by atoms with E-state index < -0.39 is 17.9 Å².